The van der Waals surface area contributed by atoms with Crippen molar-refractivity contribution < 1.29 is 14.3 Å². The minimum atomic E-state index is -0.885. The summed E-state index contributed by atoms with van der Waals surface area (Å²) in [6.07, 6.45) is 4.70. The lowest BCUT2D eigenvalue weighted by Crippen LogP contribution is -2.22. The van der Waals surface area contributed by atoms with E-state index < -0.39 is 11.9 Å². The highest BCUT2D eigenvalue weighted by Crippen LogP contribution is 2.13. The van der Waals surface area contributed by atoms with Gasteiger partial charge in [0, 0.05) is 24.0 Å². The maximum Gasteiger partial charge on any atom is 0.397 e. The van der Waals surface area contributed by atoms with Gasteiger partial charge in [0.15, 0.2) is 0 Å². The molecule has 2 heterocycles. The minimum absolute atomic E-state index is 0.639. The third-order valence-corrected chi connectivity index (χ3v) is 2.07. The zero-order valence-electron chi connectivity index (χ0n) is 8.01. The molecule has 5 heteroatoms. The Kier molecular flexibility index (Phi) is 2.21. The summed E-state index contributed by atoms with van der Waals surface area (Å²) < 4.78 is 5.60. The molecule has 0 saturated carbocycles. The van der Waals surface area contributed by atoms with Crippen LogP contribution in [-0.4, -0.2) is 28.5 Å². The molecule has 2 aromatic rings. The zero-order valence-corrected chi connectivity index (χ0v) is 8.01. The van der Waals surface area contributed by atoms with Gasteiger partial charge in [-0.2, -0.15) is 0 Å². The lowest BCUT2D eigenvalue weighted by Gasteiger charge is -2.00. The van der Waals surface area contributed by atoms with Crippen LogP contribution < -0.4 is 0 Å². The summed E-state index contributed by atoms with van der Waals surface area (Å²) in [6, 6.07) is 3.37. The number of pyridine rings is 1. The maximum atomic E-state index is 11.5. The number of esters is 1. The van der Waals surface area contributed by atoms with Crippen LogP contribution in [0.2, 0.25) is 0 Å². The maximum absolute atomic E-state index is 11.5. The second-order valence-corrected chi connectivity index (χ2v) is 2.92. The molecular weight excluding hydrogens is 196 g/mol. The van der Waals surface area contributed by atoms with Crippen LogP contribution in [0.5, 0.6) is 0 Å². The Balaban J connectivity index is 2.53. The number of hydrogen-bond acceptors (Lipinski definition) is 4. The summed E-state index contributed by atoms with van der Waals surface area (Å²) in [5, 5.41) is 0.801. The lowest BCUT2D eigenvalue weighted by molar-refractivity contribution is -0.135. The average molecular weight is 204 g/mol. The molecule has 0 radical (unpaired) electrons. The first-order valence-electron chi connectivity index (χ1n) is 4.28. The van der Waals surface area contributed by atoms with E-state index in [0.717, 1.165) is 5.39 Å². The molecule has 0 atom stereocenters. The highest BCUT2D eigenvalue weighted by Gasteiger charge is 2.17. The molecule has 0 bridgehead atoms. The van der Waals surface area contributed by atoms with Crippen molar-refractivity contribution in [3.8, 4) is 0 Å². The number of fused-ring (bicyclic) bond motifs is 1. The zero-order chi connectivity index (χ0) is 10.8. The van der Waals surface area contributed by atoms with Crippen LogP contribution in [0, 0.1) is 0 Å². The van der Waals surface area contributed by atoms with Gasteiger partial charge in [-0.1, -0.05) is 0 Å². The molecule has 0 aliphatic heterocycles. The molecule has 0 spiro atoms. The fraction of sp³-hybridized carbons (Fsp3) is 0.100. The van der Waals surface area contributed by atoms with Gasteiger partial charge < -0.3 is 4.74 Å². The smallest absolute Gasteiger partial charge is 0.397 e. The van der Waals surface area contributed by atoms with Crippen molar-refractivity contribution >= 4 is 22.8 Å². The number of hydrogen-bond donors (Lipinski definition) is 0. The Hall–Kier alpha value is -2.17. The summed E-state index contributed by atoms with van der Waals surface area (Å²) in [4.78, 5) is 26.5. The topological polar surface area (TPSA) is 61.2 Å². The quantitative estimate of drug-likeness (QED) is 0.471. The highest BCUT2D eigenvalue weighted by molar-refractivity contribution is 6.34. The van der Waals surface area contributed by atoms with Crippen molar-refractivity contribution in [2.75, 3.05) is 7.11 Å². The molecule has 0 amide bonds. The first-order valence-corrected chi connectivity index (χ1v) is 4.28. The molecule has 0 unspecified atom stereocenters. The Bertz CT molecular complexity index is 530. The molecule has 76 valence electrons. The molecule has 5 nitrogen and oxygen atoms in total. The van der Waals surface area contributed by atoms with E-state index in [1.165, 1.54) is 17.9 Å². The largest absolute Gasteiger partial charge is 0.462 e. The highest BCUT2D eigenvalue weighted by atomic mass is 16.5. The predicted molar refractivity (Wildman–Crippen MR) is 52.4 cm³/mol. The fourth-order valence-corrected chi connectivity index (χ4v) is 1.35. The van der Waals surface area contributed by atoms with E-state index in [-0.39, 0.29) is 0 Å². The standard InChI is InChI=1S/C10H8N2O3/c1-15-10(14)9(13)12-5-3-7-6-11-4-2-8(7)12/h2-6H,1H3. The Labute approximate surface area is 85.3 Å². The van der Waals surface area contributed by atoms with Gasteiger partial charge in [0.2, 0.25) is 0 Å². The molecule has 0 aliphatic rings. The number of methoxy groups -OCH3 is 1. The molecule has 15 heavy (non-hydrogen) atoms. The van der Waals surface area contributed by atoms with Crippen molar-refractivity contribution in [1.82, 2.24) is 9.55 Å². The summed E-state index contributed by atoms with van der Waals surface area (Å²) in [5.41, 5.74) is 0.639. The van der Waals surface area contributed by atoms with Crippen LogP contribution in [0.1, 0.15) is 4.79 Å². The summed E-state index contributed by atoms with van der Waals surface area (Å²) in [6.45, 7) is 0. The van der Waals surface area contributed by atoms with E-state index in [1.54, 1.807) is 24.5 Å². The van der Waals surface area contributed by atoms with Gasteiger partial charge >= 0.3 is 11.9 Å². The molecular formula is C10H8N2O3. The van der Waals surface area contributed by atoms with Gasteiger partial charge in [0.25, 0.3) is 0 Å². The number of carbonyl (C=O) groups excluding carboxylic acids is 2. The van der Waals surface area contributed by atoms with Gasteiger partial charge in [-0.25, -0.2) is 4.79 Å². The van der Waals surface area contributed by atoms with Crippen molar-refractivity contribution in [3.63, 3.8) is 0 Å². The van der Waals surface area contributed by atoms with E-state index in [9.17, 15) is 9.59 Å². The normalized spacial score (nSPS) is 10.2. The minimum Gasteiger partial charge on any atom is -0.462 e. The van der Waals surface area contributed by atoms with Crippen molar-refractivity contribution in [3.05, 3.63) is 30.7 Å². The summed E-state index contributed by atoms with van der Waals surface area (Å²) in [7, 11) is 1.17. The molecule has 0 aliphatic carbocycles. The summed E-state index contributed by atoms with van der Waals surface area (Å²) in [5.74, 6) is -1.59. The van der Waals surface area contributed by atoms with E-state index in [4.69, 9.17) is 0 Å². The average Bonchev–Trinajstić information content (AvgIpc) is 2.70. The van der Waals surface area contributed by atoms with Gasteiger partial charge in [0.1, 0.15) is 0 Å². The Morgan fingerprint density at radius 1 is 1.40 bits per heavy atom. The van der Waals surface area contributed by atoms with Crippen LogP contribution in [-0.2, 0) is 9.53 Å². The Morgan fingerprint density at radius 2 is 2.20 bits per heavy atom. The lowest BCUT2D eigenvalue weighted by atomic mass is 10.3. The molecule has 0 aromatic carbocycles. The third kappa shape index (κ3) is 1.48. The van der Waals surface area contributed by atoms with Crippen molar-refractivity contribution in [1.29, 1.82) is 0 Å². The molecule has 2 rings (SSSR count). The van der Waals surface area contributed by atoms with Crippen molar-refractivity contribution in [2.24, 2.45) is 0 Å². The SMILES string of the molecule is COC(=O)C(=O)n1ccc2cnccc21. The van der Waals surface area contributed by atoms with E-state index >= 15 is 0 Å². The second-order valence-electron chi connectivity index (χ2n) is 2.92. The van der Waals surface area contributed by atoms with Crippen LogP contribution in [0.3, 0.4) is 0 Å². The molecule has 0 saturated heterocycles. The van der Waals surface area contributed by atoms with E-state index in [1.807, 2.05) is 0 Å². The second kappa shape index (κ2) is 3.53. The monoisotopic (exact) mass is 204 g/mol. The van der Waals surface area contributed by atoms with E-state index in [2.05, 4.69) is 9.72 Å². The Morgan fingerprint density at radius 3 is 2.93 bits per heavy atom. The van der Waals surface area contributed by atoms with Crippen LogP contribution in [0.25, 0.3) is 10.9 Å². The number of rotatable bonds is 0. The molecule has 2 aromatic heterocycles. The van der Waals surface area contributed by atoms with E-state index in [0.29, 0.717) is 5.52 Å². The number of carbonyl (C=O) groups is 2. The number of nitrogens with zero attached hydrogens (tertiary/aromatic N) is 2. The van der Waals surface area contributed by atoms with Gasteiger partial charge in [-0.15, -0.1) is 0 Å². The first kappa shape index (κ1) is 9.39. The molecule has 0 N–H and O–H groups in total. The fourth-order valence-electron chi connectivity index (χ4n) is 1.35. The van der Waals surface area contributed by atoms with Crippen LogP contribution in [0.15, 0.2) is 30.7 Å². The van der Waals surface area contributed by atoms with Crippen LogP contribution >= 0.6 is 0 Å². The number of aromatic nitrogens is 2. The third-order valence-electron chi connectivity index (χ3n) is 2.07. The summed E-state index contributed by atoms with van der Waals surface area (Å²) >= 11 is 0. The van der Waals surface area contributed by atoms with Gasteiger partial charge in [-0.3, -0.25) is 14.3 Å². The van der Waals surface area contributed by atoms with Gasteiger partial charge in [-0.05, 0) is 12.1 Å². The number of ether oxygens (including phenoxy) is 1. The van der Waals surface area contributed by atoms with Gasteiger partial charge in [0.05, 0.1) is 12.6 Å². The van der Waals surface area contributed by atoms with Crippen LogP contribution in [0.4, 0.5) is 0 Å². The first-order chi connectivity index (χ1) is 7.24. The predicted octanol–water partition coefficient (Wildman–Crippen LogP) is 0.849. The molecule has 0 fully saturated rings. The van der Waals surface area contributed by atoms with Crippen molar-refractivity contribution in [2.45, 2.75) is 0 Å².